The van der Waals surface area contributed by atoms with Crippen molar-refractivity contribution < 1.29 is 14.6 Å². The van der Waals surface area contributed by atoms with Gasteiger partial charge in [0.05, 0.1) is 23.0 Å². The molecule has 5 heteroatoms. The Bertz CT molecular complexity index is 1140. The molecule has 0 atom stereocenters. The molecule has 29 heavy (non-hydrogen) atoms. The van der Waals surface area contributed by atoms with E-state index in [1.54, 1.807) is 36.3 Å². The largest absolute Gasteiger partial charge is 0.508 e. The molecule has 3 aromatic rings. The van der Waals surface area contributed by atoms with E-state index in [-0.39, 0.29) is 11.7 Å². The number of anilines is 1. The number of phenols is 1. The van der Waals surface area contributed by atoms with E-state index in [0.717, 1.165) is 27.0 Å². The minimum atomic E-state index is -0.151. The average Bonchev–Trinajstić information content (AvgIpc) is 3.05. The van der Waals surface area contributed by atoms with Gasteiger partial charge in [-0.2, -0.15) is 0 Å². The molecule has 1 aliphatic heterocycles. The van der Waals surface area contributed by atoms with Gasteiger partial charge in [-0.3, -0.25) is 9.69 Å². The maximum atomic E-state index is 13.3. The van der Waals surface area contributed by atoms with Gasteiger partial charge in [-0.25, -0.2) is 0 Å². The van der Waals surface area contributed by atoms with Crippen LogP contribution in [-0.4, -0.2) is 18.1 Å². The highest BCUT2D eigenvalue weighted by Crippen LogP contribution is 2.36. The number of rotatable bonds is 4. The fourth-order valence-electron chi connectivity index (χ4n) is 3.28. The van der Waals surface area contributed by atoms with Gasteiger partial charge in [-0.1, -0.05) is 42.5 Å². The quantitative estimate of drug-likeness (QED) is 0.526. The maximum absolute atomic E-state index is 13.3. The lowest BCUT2D eigenvalue weighted by atomic mass is 10.1. The number of ether oxygens (including phenoxy) is 1. The first-order chi connectivity index (χ1) is 14.1. The zero-order chi connectivity index (χ0) is 20.4. The van der Waals surface area contributed by atoms with Crippen molar-refractivity contribution in [3.05, 3.63) is 100 Å². The molecular weight excluding hydrogens is 430 g/mol. The van der Waals surface area contributed by atoms with Gasteiger partial charge in [-0.05, 0) is 63.5 Å². The van der Waals surface area contributed by atoms with Crippen molar-refractivity contribution in [2.45, 2.75) is 0 Å². The molecule has 0 aliphatic carbocycles. The summed E-state index contributed by atoms with van der Waals surface area (Å²) in [6.07, 6.45) is 3.72. The lowest BCUT2D eigenvalue weighted by molar-refractivity contribution is -0.113. The van der Waals surface area contributed by atoms with Crippen LogP contribution in [0.2, 0.25) is 0 Å². The molecule has 3 aromatic carbocycles. The Morgan fingerprint density at radius 1 is 1.00 bits per heavy atom. The molecule has 0 radical (unpaired) electrons. The van der Waals surface area contributed by atoms with Crippen LogP contribution < -0.4 is 9.64 Å². The Hall–Kier alpha value is -3.31. The van der Waals surface area contributed by atoms with Gasteiger partial charge in [0.25, 0.3) is 5.91 Å². The van der Waals surface area contributed by atoms with E-state index in [2.05, 4.69) is 15.9 Å². The van der Waals surface area contributed by atoms with E-state index in [1.807, 2.05) is 60.7 Å². The van der Waals surface area contributed by atoms with Gasteiger partial charge in [0.1, 0.15) is 11.5 Å². The fourth-order valence-corrected chi connectivity index (χ4v) is 3.84. The topological polar surface area (TPSA) is 49.8 Å². The van der Waals surface area contributed by atoms with Crippen LogP contribution in [0.15, 0.2) is 88.9 Å². The summed E-state index contributed by atoms with van der Waals surface area (Å²) in [6, 6.07) is 22.1. The van der Waals surface area contributed by atoms with Crippen molar-refractivity contribution >= 4 is 39.3 Å². The molecule has 1 aliphatic rings. The van der Waals surface area contributed by atoms with Gasteiger partial charge >= 0.3 is 0 Å². The highest BCUT2D eigenvalue weighted by Gasteiger charge is 2.30. The molecule has 4 rings (SSSR count). The summed E-state index contributed by atoms with van der Waals surface area (Å²) in [4.78, 5) is 14.9. The summed E-state index contributed by atoms with van der Waals surface area (Å²) in [5.41, 5.74) is 3.74. The maximum Gasteiger partial charge on any atom is 0.262 e. The number of halogens is 1. The molecule has 0 bridgehead atoms. The Morgan fingerprint density at radius 2 is 1.79 bits per heavy atom. The molecular formula is C24H18BrNO3. The molecule has 0 saturated carbocycles. The van der Waals surface area contributed by atoms with Crippen LogP contribution in [0.3, 0.4) is 0 Å². The molecule has 1 amide bonds. The number of carbonyl (C=O) groups is 1. The van der Waals surface area contributed by atoms with Crippen molar-refractivity contribution in [1.29, 1.82) is 0 Å². The molecule has 144 valence electrons. The number of carbonyl (C=O) groups excluding carboxylic acids is 1. The van der Waals surface area contributed by atoms with Crippen molar-refractivity contribution in [3.63, 3.8) is 0 Å². The number of hydrogen-bond acceptors (Lipinski definition) is 3. The molecule has 0 unspecified atom stereocenters. The van der Waals surface area contributed by atoms with Crippen LogP contribution in [0.1, 0.15) is 11.1 Å². The number of aromatic hydroxyl groups is 1. The third-order valence-corrected chi connectivity index (χ3v) is 5.26. The van der Waals surface area contributed by atoms with E-state index < -0.39 is 0 Å². The summed E-state index contributed by atoms with van der Waals surface area (Å²) in [5, 5.41) is 9.91. The summed E-state index contributed by atoms with van der Waals surface area (Å²) in [6.45, 7) is 0. The van der Waals surface area contributed by atoms with Crippen LogP contribution in [0.4, 0.5) is 5.69 Å². The predicted molar refractivity (Wildman–Crippen MR) is 119 cm³/mol. The van der Waals surface area contributed by atoms with Gasteiger partial charge < -0.3 is 9.84 Å². The zero-order valence-corrected chi connectivity index (χ0v) is 17.3. The van der Waals surface area contributed by atoms with Gasteiger partial charge in [0.15, 0.2) is 0 Å². The first-order valence-electron chi connectivity index (χ1n) is 9.02. The van der Waals surface area contributed by atoms with E-state index >= 15 is 0 Å². The third-order valence-electron chi connectivity index (χ3n) is 4.64. The second-order valence-corrected chi connectivity index (χ2v) is 7.40. The lowest BCUT2D eigenvalue weighted by Gasteiger charge is -2.21. The van der Waals surface area contributed by atoms with E-state index in [0.29, 0.717) is 11.3 Å². The summed E-state index contributed by atoms with van der Waals surface area (Å²) in [5.74, 6) is 0.687. The zero-order valence-electron chi connectivity index (χ0n) is 15.7. The summed E-state index contributed by atoms with van der Waals surface area (Å²) < 4.78 is 6.09. The van der Waals surface area contributed by atoms with Crippen LogP contribution in [0.25, 0.3) is 11.8 Å². The normalized spacial score (nSPS) is 15.0. The standard InChI is InChI=1S/C24H18BrNO3/c1-29-23-11-10-16(13-21(23)25)12-18-14-22(17-6-3-2-4-7-17)26(24(18)28)19-8-5-9-20(27)15-19/h2-15,27H,1H3/b18-12-. The predicted octanol–water partition coefficient (Wildman–Crippen LogP) is 5.63. The highest BCUT2D eigenvalue weighted by molar-refractivity contribution is 9.10. The lowest BCUT2D eigenvalue weighted by Crippen LogP contribution is -2.24. The van der Waals surface area contributed by atoms with Gasteiger partial charge in [-0.15, -0.1) is 0 Å². The first-order valence-corrected chi connectivity index (χ1v) is 9.82. The number of benzene rings is 3. The average molecular weight is 448 g/mol. The van der Waals surface area contributed by atoms with Gasteiger partial charge in [0.2, 0.25) is 0 Å². The smallest absolute Gasteiger partial charge is 0.262 e. The third kappa shape index (κ3) is 3.82. The summed E-state index contributed by atoms with van der Waals surface area (Å²) >= 11 is 3.48. The van der Waals surface area contributed by atoms with Crippen LogP contribution >= 0.6 is 15.9 Å². The minimum absolute atomic E-state index is 0.110. The van der Waals surface area contributed by atoms with Crippen LogP contribution in [0.5, 0.6) is 11.5 Å². The van der Waals surface area contributed by atoms with Crippen LogP contribution in [0, 0.1) is 0 Å². The number of methoxy groups -OCH3 is 1. The Kier molecular flexibility index (Phi) is 5.23. The Balaban J connectivity index is 1.81. The second-order valence-electron chi connectivity index (χ2n) is 6.55. The van der Waals surface area contributed by atoms with Crippen molar-refractivity contribution in [1.82, 2.24) is 0 Å². The van der Waals surface area contributed by atoms with E-state index in [9.17, 15) is 9.90 Å². The fraction of sp³-hybridized carbons (Fsp3) is 0.0417. The first kappa shape index (κ1) is 19.0. The Labute approximate surface area is 177 Å². The van der Waals surface area contributed by atoms with Gasteiger partial charge in [0, 0.05) is 11.6 Å². The second kappa shape index (κ2) is 7.97. The molecule has 1 N–H and O–H groups in total. The number of amides is 1. The van der Waals surface area contributed by atoms with Crippen LogP contribution in [-0.2, 0) is 4.79 Å². The molecule has 0 saturated heterocycles. The molecule has 0 aromatic heterocycles. The minimum Gasteiger partial charge on any atom is -0.508 e. The SMILES string of the molecule is COc1ccc(/C=C2/C=C(c3ccccc3)N(c3cccc(O)c3)C2=O)cc1Br. The molecule has 0 spiro atoms. The van der Waals surface area contributed by atoms with Crippen molar-refractivity contribution in [2.24, 2.45) is 0 Å². The highest BCUT2D eigenvalue weighted by atomic mass is 79.9. The van der Waals surface area contributed by atoms with Crippen molar-refractivity contribution in [2.75, 3.05) is 12.0 Å². The number of hydrogen-bond donors (Lipinski definition) is 1. The molecule has 0 fully saturated rings. The number of phenolic OH excluding ortho intramolecular Hbond substituents is 1. The van der Waals surface area contributed by atoms with E-state index in [4.69, 9.17) is 4.74 Å². The Morgan fingerprint density at radius 3 is 2.48 bits per heavy atom. The monoisotopic (exact) mass is 447 g/mol. The number of nitrogens with zero attached hydrogens (tertiary/aromatic N) is 1. The van der Waals surface area contributed by atoms with Crippen molar-refractivity contribution in [3.8, 4) is 11.5 Å². The molecule has 1 heterocycles. The van der Waals surface area contributed by atoms with E-state index in [1.165, 1.54) is 0 Å². The summed E-state index contributed by atoms with van der Waals surface area (Å²) in [7, 11) is 1.61. The molecule has 4 nitrogen and oxygen atoms in total.